The van der Waals surface area contributed by atoms with E-state index in [4.69, 9.17) is 9.62 Å². The lowest BCUT2D eigenvalue weighted by molar-refractivity contribution is -0.312. The molecule has 0 fully saturated rings. The second kappa shape index (κ2) is 9.28. The average molecular weight is 246 g/mol. The van der Waals surface area contributed by atoms with Gasteiger partial charge in [-0.15, -0.1) is 0 Å². The van der Waals surface area contributed by atoms with Gasteiger partial charge < -0.3 is 4.74 Å². The van der Waals surface area contributed by atoms with Crippen LogP contribution in [0.15, 0.2) is 0 Å². The number of carbonyl (C=O) groups is 1. The Morgan fingerprint density at radius 1 is 1.00 bits per heavy atom. The number of unbranched alkanes of at least 4 members (excludes halogenated alkanes) is 5. The van der Waals surface area contributed by atoms with Gasteiger partial charge >= 0.3 is 6.16 Å². The molecule has 0 N–H and O–H groups in total. The van der Waals surface area contributed by atoms with Gasteiger partial charge in [0.1, 0.15) is 5.60 Å². The Morgan fingerprint density at radius 3 is 2.18 bits per heavy atom. The van der Waals surface area contributed by atoms with Crippen molar-refractivity contribution in [3.8, 4) is 0 Å². The first kappa shape index (κ1) is 16.2. The molecule has 4 heteroatoms. The minimum atomic E-state index is -0.756. The van der Waals surface area contributed by atoms with Gasteiger partial charge in [-0.1, -0.05) is 39.0 Å². The summed E-state index contributed by atoms with van der Waals surface area (Å²) < 4.78 is 4.86. The van der Waals surface area contributed by atoms with Gasteiger partial charge in [-0.25, -0.2) is 4.79 Å². The first-order valence-electron chi connectivity index (χ1n) is 6.48. The third-order valence-electron chi connectivity index (χ3n) is 2.08. The van der Waals surface area contributed by atoms with E-state index in [0.717, 1.165) is 12.8 Å². The highest BCUT2D eigenvalue weighted by Crippen LogP contribution is 2.08. The van der Waals surface area contributed by atoms with Crippen LogP contribution in [-0.2, 0) is 14.5 Å². The molecule has 0 aliphatic rings. The molecule has 0 radical (unpaired) electrons. The molecule has 0 aromatic rings. The maximum Gasteiger partial charge on any atom is 0.540 e. The Hall–Kier alpha value is -0.770. The Balaban J connectivity index is 3.28. The molecule has 0 aromatic heterocycles. The van der Waals surface area contributed by atoms with Crippen LogP contribution in [0.25, 0.3) is 0 Å². The highest BCUT2D eigenvalue weighted by atomic mass is 17.2. The molecule has 0 unspecified atom stereocenters. The summed E-state index contributed by atoms with van der Waals surface area (Å²) in [6.07, 6.45) is 6.20. The van der Waals surface area contributed by atoms with E-state index in [1.807, 2.05) is 0 Å². The summed E-state index contributed by atoms with van der Waals surface area (Å²) >= 11 is 0. The molecular weight excluding hydrogens is 220 g/mol. The first-order valence-corrected chi connectivity index (χ1v) is 6.48. The van der Waals surface area contributed by atoms with E-state index >= 15 is 0 Å². The van der Waals surface area contributed by atoms with Gasteiger partial charge in [-0.2, -0.15) is 4.89 Å². The number of rotatable bonds is 8. The van der Waals surface area contributed by atoms with Crippen molar-refractivity contribution in [1.82, 2.24) is 0 Å². The normalized spacial score (nSPS) is 11.3. The van der Waals surface area contributed by atoms with Gasteiger partial charge in [0, 0.05) is 0 Å². The van der Waals surface area contributed by atoms with Crippen LogP contribution >= 0.6 is 0 Å². The largest absolute Gasteiger partial charge is 0.540 e. The van der Waals surface area contributed by atoms with Crippen LogP contribution < -0.4 is 0 Å². The molecule has 102 valence electrons. The van der Waals surface area contributed by atoms with Crippen LogP contribution in [-0.4, -0.2) is 18.4 Å². The van der Waals surface area contributed by atoms with Crippen LogP contribution in [0.4, 0.5) is 4.79 Å². The molecule has 0 saturated carbocycles. The van der Waals surface area contributed by atoms with Gasteiger partial charge in [-0.3, -0.25) is 4.89 Å². The summed E-state index contributed by atoms with van der Waals surface area (Å²) in [4.78, 5) is 20.4. The van der Waals surface area contributed by atoms with Crippen molar-refractivity contribution in [2.45, 2.75) is 71.8 Å². The lowest BCUT2D eigenvalue weighted by Gasteiger charge is -2.16. The second-order valence-corrected chi connectivity index (χ2v) is 5.15. The molecule has 17 heavy (non-hydrogen) atoms. The highest BCUT2D eigenvalue weighted by molar-refractivity contribution is 5.58. The van der Waals surface area contributed by atoms with Gasteiger partial charge in [0.2, 0.25) is 0 Å². The van der Waals surface area contributed by atoms with Crippen molar-refractivity contribution in [2.24, 2.45) is 0 Å². The van der Waals surface area contributed by atoms with Crippen LogP contribution in [0.2, 0.25) is 0 Å². The predicted octanol–water partition coefficient (Wildman–Crippen LogP) is 4.23. The topological polar surface area (TPSA) is 44.8 Å². The monoisotopic (exact) mass is 246 g/mol. The molecule has 0 aliphatic carbocycles. The second-order valence-electron chi connectivity index (χ2n) is 5.15. The minimum absolute atomic E-state index is 0.401. The van der Waals surface area contributed by atoms with Crippen molar-refractivity contribution in [1.29, 1.82) is 0 Å². The number of ether oxygens (including phenoxy) is 1. The van der Waals surface area contributed by atoms with Gasteiger partial charge in [0.25, 0.3) is 0 Å². The zero-order valence-corrected chi connectivity index (χ0v) is 11.6. The molecule has 0 amide bonds. The molecule has 0 aliphatic heterocycles. The molecule has 4 nitrogen and oxygen atoms in total. The van der Waals surface area contributed by atoms with E-state index in [2.05, 4.69) is 11.8 Å². The number of hydrogen-bond donors (Lipinski definition) is 0. The van der Waals surface area contributed by atoms with Gasteiger partial charge in [-0.05, 0) is 27.2 Å². The van der Waals surface area contributed by atoms with E-state index in [1.165, 1.54) is 25.7 Å². The summed E-state index contributed by atoms with van der Waals surface area (Å²) in [7, 11) is 0. The van der Waals surface area contributed by atoms with E-state index in [0.29, 0.717) is 6.61 Å². The highest BCUT2D eigenvalue weighted by Gasteiger charge is 2.15. The van der Waals surface area contributed by atoms with Crippen molar-refractivity contribution in [3.05, 3.63) is 0 Å². The zero-order chi connectivity index (χ0) is 13.1. The van der Waals surface area contributed by atoms with E-state index < -0.39 is 11.8 Å². The van der Waals surface area contributed by atoms with Crippen molar-refractivity contribution >= 4 is 6.16 Å². The van der Waals surface area contributed by atoms with Gasteiger partial charge in [0.05, 0.1) is 6.61 Å². The fraction of sp³-hybridized carbons (Fsp3) is 0.923. The third-order valence-corrected chi connectivity index (χ3v) is 2.08. The van der Waals surface area contributed by atoms with Crippen molar-refractivity contribution in [2.75, 3.05) is 6.61 Å². The van der Waals surface area contributed by atoms with Crippen LogP contribution in [0.3, 0.4) is 0 Å². The summed E-state index contributed by atoms with van der Waals surface area (Å²) in [5.41, 5.74) is -0.501. The summed E-state index contributed by atoms with van der Waals surface area (Å²) in [5.74, 6) is 0. The molecule has 0 saturated heterocycles. The molecule has 0 bridgehead atoms. The van der Waals surface area contributed by atoms with Crippen LogP contribution in [0, 0.1) is 0 Å². The minimum Gasteiger partial charge on any atom is -0.432 e. The van der Waals surface area contributed by atoms with Crippen molar-refractivity contribution < 1.29 is 19.3 Å². The summed E-state index contributed by atoms with van der Waals surface area (Å²) in [6.45, 7) is 7.99. The number of carbonyl (C=O) groups excluding carboxylic acids is 1. The Morgan fingerprint density at radius 2 is 1.59 bits per heavy atom. The molecule has 0 atom stereocenters. The third kappa shape index (κ3) is 13.2. The zero-order valence-electron chi connectivity index (χ0n) is 11.6. The molecule has 0 spiro atoms. The predicted molar refractivity (Wildman–Crippen MR) is 66.6 cm³/mol. The van der Waals surface area contributed by atoms with Crippen molar-refractivity contribution in [3.63, 3.8) is 0 Å². The summed E-state index contributed by atoms with van der Waals surface area (Å²) in [5, 5.41) is 0. The van der Waals surface area contributed by atoms with E-state index in [1.54, 1.807) is 20.8 Å². The molecule has 0 aromatic carbocycles. The van der Waals surface area contributed by atoms with Crippen LogP contribution in [0.5, 0.6) is 0 Å². The Bertz CT molecular complexity index is 196. The van der Waals surface area contributed by atoms with Crippen LogP contribution in [0.1, 0.15) is 66.2 Å². The number of hydrogen-bond acceptors (Lipinski definition) is 4. The average Bonchev–Trinajstić information content (AvgIpc) is 2.24. The fourth-order valence-corrected chi connectivity index (χ4v) is 1.22. The molecular formula is C13H26O4. The quantitative estimate of drug-likeness (QED) is 0.278. The lowest BCUT2D eigenvalue weighted by atomic mass is 10.1. The summed E-state index contributed by atoms with van der Waals surface area (Å²) in [6, 6.07) is 0. The van der Waals surface area contributed by atoms with E-state index in [9.17, 15) is 4.79 Å². The Labute approximate surface area is 105 Å². The maximum absolute atomic E-state index is 11.1. The smallest absolute Gasteiger partial charge is 0.432 e. The fourth-order valence-electron chi connectivity index (χ4n) is 1.22. The van der Waals surface area contributed by atoms with Gasteiger partial charge in [0.15, 0.2) is 0 Å². The SMILES string of the molecule is CCCCCCCCOC(=O)OOC(C)(C)C. The van der Waals surface area contributed by atoms with E-state index in [-0.39, 0.29) is 0 Å². The molecule has 0 rings (SSSR count). The maximum atomic E-state index is 11.1. The lowest BCUT2D eigenvalue weighted by Crippen LogP contribution is -2.22. The standard InChI is InChI=1S/C13H26O4/c1-5-6-7-8-9-10-11-15-12(14)16-17-13(2,3)4/h5-11H2,1-4H3. The Kier molecular flexibility index (Phi) is 8.86. The molecule has 0 heterocycles. The first-order chi connectivity index (χ1) is 7.95.